The number of carbonyl (C=O) groups is 1. The van der Waals surface area contributed by atoms with Crippen LogP contribution >= 0.6 is 0 Å². The fourth-order valence-corrected chi connectivity index (χ4v) is 3.85. The molecule has 3 heterocycles. The number of anilines is 1. The van der Waals surface area contributed by atoms with Gasteiger partial charge < -0.3 is 15.2 Å². The van der Waals surface area contributed by atoms with Crippen LogP contribution in [0.25, 0.3) is 11.1 Å². The summed E-state index contributed by atoms with van der Waals surface area (Å²) >= 11 is 0. The van der Waals surface area contributed by atoms with Gasteiger partial charge in [-0.15, -0.1) is 0 Å². The molecule has 2 N–H and O–H groups in total. The summed E-state index contributed by atoms with van der Waals surface area (Å²) < 4.78 is 1.42. The van der Waals surface area contributed by atoms with Gasteiger partial charge in [-0.1, -0.05) is 30.3 Å². The highest BCUT2D eigenvalue weighted by atomic mass is 16.2. The molecule has 0 aliphatic carbocycles. The Morgan fingerprint density at radius 2 is 1.93 bits per heavy atom. The topological polar surface area (TPSA) is 94.1 Å². The van der Waals surface area contributed by atoms with Crippen LogP contribution in [0.3, 0.4) is 0 Å². The number of rotatable bonds is 3. The van der Waals surface area contributed by atoms with Gasteiger partial charge in [0.25, 0.3) is 5.91 Å². The number of hydrogen-bond donors (Lipinski definition) is 1. The van der Waals surface area contributed by atoms with Crippen LogP contribution in [-0.4, -0.2) is 31.9 Å². The predicted octanol–water partition coefficient (Wildman–Crippen LogP) is 2.79. The molecule has 1 fully saturated rings. The van der Waals surface area contributed by atoms with E-state index in [-0.39, 0.29) is 23.5 Å². The van der Waals surface area contributed by atoms with Crippen LogP contribution in [0.5, 0.6) is 0 Å². The van der Waals surface area contributed by atoms with Gasteiger partial charge >= 0.3 is 0 Å². The first-order chi connectivity index (χ1) is 14.0. The Labute approximate surface area is 168 Å². The Morgan fingerprint density at radius 1 is 1.14 bits per heavy atom. The van der Waals surface area contributed by atoms with Gasteiger partial charge in [-0.3, -0.25) is 9.59 Å². The molecule has 1 aliphatic rings. The van der Waals surface area contributed by atoms with Crippen LogP contribution in [0.4, 0.5) is 5.95 Å². The highest BCUT2D eigenvalue weighted by Gasteiger charge is 2.32. The molecule has 0 unspecified atom stereocenters. The molecule has 29 heavy (non-hydrogen) atoms. The smallest absolute Gasteiger partial charge is 0.255 e. The van der Waals surface area contributed by atoms with Crippen LogP contribution in [-0.2, 0) is 7.05 Å². The van der Waals surface area contributed by atoms with Crippen molar-refractivity contribution in [1.29, 1.82) is 0 Å². The van der Waals surface area contributed by atoms with E-state index in [1.807, 2.05) is 35.2 Å². The molecule has 3 aromatic rings. The highest BCUT2D eigenvalue weighted by molar-refractivity contribution is 5.94. The van der Waals surface area contributed by atoms with Crippen molar-refractivity contribution in [2.45, 2.75) is 25.3 Å². The second kappa shape index (κ2) is 7.87. The van der Waals surface area contributed by atoms with E-state index in [0.29, 0.717) is 12.1 Å². The molecule has 1 amide bonds. The zero-order valence-corrected chi connectivity index (χ0v) is 16.3. The molecule has 7 nitrogen and oxygen atoms in total. The fourth-order valence-electron chi connectivity index (χ4n) is 3.85. The molecule has 0 bridgehead atoms. The van der Waals surface area contributed by atoms with Crippen LogP contribution in [0.1, 0.15) is 41.4 Å². The van der Waals surface area contributed by atoms with Gasteiger partial charge in [0.2, 0.25) is 11.5 Å². The maximum absolute atomic E-state index is 13.3. The van der Waals surface area contributed by atoms with Gasteiger partial charge in [-0.2, -0.15) is 0 Å². The maximum Gasteiger partial charge on any atom is 0.255 e. The zero-order valence-electron chi connectivity index (χ0n) is 16.3. The van der Waals surface area contributed by atoms with Gasteiger partial charge in [-0.05, 0) is 30.9 Å². The summed E-state index contributed by atoms with van der Waals surface area (Å²) in [6.45, 7) is 0.629. The van der Waals surface area contributed by atoms with Crippen molar-refractivity contribution < 1.29 is 4.79 Å². The lowest BCUT2D eigenvalue weighted by molar-refractivity contribution is 0.0606. The molecule has 0 radical (unpaired) electrons. The summed E-state index contributed by atoms with van der Waals surface area (Å²) in [6, 6.07) is 12.7. The second-order valence-electron chi connectivity index (χ2n) is 7.27. The van der Waals surface area contributed by atoms with E-state index in [9.17, 15) is 9.59 Å². The number of aryl methyl sites for hydroxylation is 1. The minimum atomic E-state index is -0.200. The molecule has 0 saturated carbocycles. The summed E-state index contributed by atoms with van der Waals surface area (Å²) in [5.74, 6) is 0.0845. The molecule has 1 aliphatic heterocycles. The highest BCUT2D eigenvalue weighted by Crippen LogP contribution is 2.36. The minimum Gasteiger partial charge on any atom is -0.368 e. The first kappa shape index (κ1) is 18.9. The largest absolute Gasteiger partial charge is 0.368 e. The third kappa shape index (κ3) is 3.76. The number of nitrogen functional groups attached to an aromatic ring is 1. The number of aromatic nitrogens is 3. The van der Waals surface area contributed by atoms with E-state index in [2.05, 4.69) is 9.97 Å². The number of piperidine rings is 1. The lowest BCUT2D eigenvalue weighted by atomic mass is 9.93. The van der Waals surface area contributed by atoms with Crippen molar-refractivity contribution in [2.24, 2.45) is 7.05 Å². The number of benzene rings is 1. The molecule has 1 aromatic carbocycles. The van der Waals surface area contributed by atoms with E-state index in [1.165, 1.54) is 10.6 Å². The van der Waals surface area contributed by atoms with Crippen molar-refractivity contribution in [3.63, 3.8) is 0 Å². The summed E-state index contributed by atoms with van der Waals surface area (Å²) in [5.41, 5.74) is 8.89. The Kier molecular flexibility index (Phi) is 5.12. The number of pyridine rings is 1. The van der Waals surface area contributed by atoms with Crippen molar-refractivity contribution in [3.8, 4) is 11.1 Å². The van der Waals surface area contributed by atoms with E-state index in [1.54, 1.807) is 25.5 Å². The predicted molar refractivity (Wildman–Crippen MR) is 111 cm³/mol. The third-order valence-electron chi connectivity index (χ3n) is 5.33. The second-order valence-corrected chi connectivity index (χ2v) is 7.27. The Bertz CT molecular complexity index is 1090. The molecule has 4 rings (SSSR count). The summed E-state index contributed by atoms with van der Waals surface area (Å²) in [7, 11) is 1.64. The van der Waals surface area contributed by atoms with E-state index < -0.39 is 0 Å². The average molecular weight is 389 g/mol. The molecule has 2 aromatic heterocycles. The van der Waals surface area contributed by atoms with Gasteiger partial charge in [0.15, 0.2) is 0 Å². The lowest BCUT2D eigenvalue weighted by Gasteiger charge is -2.36. The van der Waals surface area contributed by atoms with Gasteiger partial charge in [0, 0.05) is 37.6 Å². The molecule has 148 valence electrons. The van der Waals surface area contributed by atoms with Crippen molar-refractivity contribution in [2.75, 3.05) is 12.3 Å². The maximum atomic E-state index is 13.3. The van der Waals surface area contributed by atoms with Gasteiger partial charge in [0.1, 0.15) is 0 Å². The molecule has 1 saturated heterocycles. The fraction of sp³-hybridized carbons (Fsp3) is 0.273. The monoisotopic (exact) mass is 389 g/mol. The average Bonchev–Trinajstić information content (AvgIpc) is 2.76. The van der Waals surface area contributed by atoms with Crippen molar-refractivity contribution >= 4 is 11.9 Å². The summed E-state index contributed by atoms with van der Waals surface area (Å²) in [4.78, 5) is 35.6. The van der Waals surface area contributed by atoms with Gasteiger partial charge in [-0.25, -0.2) is 9.97 Å². The molecule has 7 heteroatoms. The van der Waals surface area contributed by atoms with Crippen LogP contribution in [0.2, 0.25) is 0 Å². The summed E-state index contributed by atoms with van der Waals surface area (Å²) in [5, 5.41) is 0. The van der Waals surface area contributed by atoms with Crippen molar-refractivity contribution in [3.05, 3.63) is 76.5 Å². The number of nitrogens with zero attached hydrogens (tertiary/aromatic N) is 4. The SMILES string of the molecule is Cn1cc(C(=O)N2CCCC[C@H]2c2nc(N)ncc2-c2ccccc2)ccc1=O. The quantitative estimate of drug-likeness (QED) is 0.743. The van der Waals surface area contributed by atoms with Crippen LogP contribution in [0.15, 0.2) is 59.7 Å². The van der Waals surface area contributed by atoms with E-state index in [0.717, 1.165) is 36.1 Å². The Morgan fingerprint density at radius 3 is 2.69 bits per heavy atom. The van der Waals surface area contributed by atoms with Crippen LogP contribution in [0, 0.1) is 0 Å². The number of likely N-dealkylation sites (tertiary alicyclic amines) is 1. The van der Waals surface area contributed by atoms with Crippen LogP contribution < -0.4 is 11.3 Å². The Hall–Kier alpha value is -3.48. The van der Waals surface area contributed by atoms with Crippen molar-refractivity contribution in [1.82, 2.24) is 19.4 Å². The first-order valence-corrected chi connectivity index (χ1v) is 9.70. The number of hydrogen-bond acceptors (Lipinski definition) is 5. The molecule has 0 spiro atoms. The first-order valence-electron chi connectivity index (χ1n) is 9.70. The van der Waals surface area contributed by atoms with E-state index in [4.69, 9.17) is 5.73 Å². The third-order valence-corrected chi connectivity index (χ3v) is 5.33. The number of carbonyl (C=O) groups excluding carboxylic acids is 1. The molecule has 1 atom stereocenters. The zero-order chi connectivity index (χ0) is 20.4. The lowest BCUT2D eigenvalue weighted by Crippen LogP contribution is -2.39. The standard InChI is InChI=1S/C22H23N5O2/c1-26-14-16(10-11-19(26)28)21(29)27-12-6-5-9-18(27)20-17(13-24-22(23)25-20)15-7-3-2-4-8-15/h2-4,7-8,10-11,13-14,18H,5-6,9,12H2,1H3,(H2,23,24,25)/t18-/m0/s1. The molecular weight excluding hydrogens is 366 g/mol. The van der Waals surface area contributed by atoms with E-state index >= 15 is 0 Å². The normalized spacial score (nSPS) is 16.6. The summed E-state index contributed by atoms with van der Waals surface area (Å²) in [6.07, 6.45) is 6.04. The number of amides is 1. The van der Waals surface area contributed by atoms with Gasteiger partial charge in [0.05, 0.1) is 17.3 Å². The Balaban J connectivity index is 1.77. The number of nitrogens with two attached hydrogens (primary N) is 1. The molecular formula is C22H23N5O2. The minimum absolute atomic E-state index is 0.110.